The second-order valence-corrected chi connectivity index (χ2v) is 8.28. The van der Waals surface area contributed by atoms with Gasteiger partial charge in [0.1, 0.15) is 6.26 Å². The molecule has 0 saturated carbocycles. The number of aromatic nitrogens is 2. The fraction of sp³-hybridized carbons (Fsp3) is 0.172. The molecule has 7 heteroatoms. The van der Waals surface area contributed by atoms with Crippen LogP contribution in [0.25, 0.3) is 17.0 Å². The molecule has 2 heterocycles. The summed E-state index contributed by atoms with van der Waals surface area (Å²) in [5, 5.41) is 11.7. The molecular weight excluding hydrogens is 454 g/mol. The maximum absolute atomic E-state index is 12.5. The fourth-order valence-electron chi connectivity index (χ4n) is 3.76. The number of hydrogen-bond donors (Lipinski definition) is 2. The molecule has 0 radical (unpaired) electrons. The Kier molecular flexibility index (Phi) is 8.38. The number of oxazole rings is 1. The molecule has 7 nitrogen and oxygen atoms in total. The first-order valence-corrected chi connectivity index (χ1v) is 11.8. The van der Waals surface area contributed by atoms with E-state index in [1.54, 1.807) is 6.20 Å². The molecule has 4 rings (SSSR count). The summed E-state index contributed by atoms with van der Waals surface area (Å²) in [6.07, 6.45) is 9.39. The van der Waals surface area contributed by atoms with Crippen LogP contribution in [0, 0.1) is 0 Å². The maximum Gasteiger partial charge on any atom is 0.303 e. The number of carboxylic acid groups (broad SMARTS) is 1. The first-order chi connectivity index (χ1) is 17.6. The van der Waals surface area contributed by atoms with Gasteiger partial charge in [0.25, 0.3) is 5.91 Å². The Morgan fingerprint density at radius 1 is 0.944 bits per heavy atom. The highest BCUT2D eigenvalue weighted by Crippen LogP contribution is 2.27. The monoisotopic (exact) mass is 481 g/mol. The number of aliphatic carboxylic acids is 1. The SMILES string of the molecule is O=C(O)CCCC/C=C(\c1ccc(-c2nc(C(=O)NCc3ccccc3)co2)cc1)c1cccnc1. The lowest BCUT2D eigenvalue weighted by atomic mass is 9.96. The minimum Gasteiger partial charge on any atom is -0.481 e. The molecule has 0 fully saturated rings. The summed E-state index contributed by atoms with van der Waals surface area (Å²) in [4.78, 5) is 31.8. The minimum atomic E-state index is -0.773. The van der Waals surface area contributed by atoms with Crippen molar-refractivity contribution in [1.29, 1.82) is 0 Å². The van der Waals surface area contributed by atoms with Gasteiger partial charge in [0.2, 0.25) is 5.89 Å². The molecule has 0 aliphatic carbocycles. The fourth-order valence-corrected chi connectivity index (χ4v) is 3.76. The van der Waals surface area contributed by atoms with Gasteiger partial charge in [-0.3, -0.25) is 14.6 Å². The highest BCUT2D eigenvalue weighted by Gasteiger charge is 2.14. The van der Waals surface area contributed by atoms with Crippen LogP contribution in [0.3, 0.4) is 0 Å². The molecule has 2 aromatic heterocycles. The summed E-state index contributed by atoms with van der Waals surface area (Å²) >= 11 is 0. The van der Waals surface area contributed by atoms with Crippen LogP contribution in [0.1, 0.15) is 52.9 Å². The summed E-state index contributed by atoms with van der Waals surface area (Å²) in [6.45, 7) is 0.413. The zero-order valence-corrected chi connectivity index (χ0v) is 19.8. The molecule has 4 aromatic rings. The van der Waals surface area contributed by atoms with E-state index in [0.717, 1.165) is 40.7 Å². The van der Waals surface area contributed by atoms with Crippen molar-refractivity contribution >= 4 is 17.4 Å². The van der Waals surface area contributed by atoms with Crippen LogP contribution in [0.15, 0.2) is 95.9 Å². The van der Waals surface area contributed by atoms with Gasteiger partial charge in [0.05, 0.1) is 0 Å². The van der Waals surface area contributed by atoms with Gasteiger partial charge in [-0.1, -0.05) is 54.6 Å². The van der Waals surface area contributed by atoms with Crippen LogP contribution in [0.2, 0.25) is 0 Å². The Hall–Kier alpha value is -4.52. The molecule has 0 aliphatic heterocycles. The number of carboxylic acids is 1. The van der Waals surface area contributed by atoms with Crippen LogP contribution in [-0.2, 0) is 11.3 Å². The lowest BCUT2D eigenvalue weighted by Gasteiger charge is -2.09. The number of carbonyl (C=O) groups is 2. The number of benzene rings is 2. The Labute approximate surface area is 209 Å². The van der Waals surface area contributed by atoms with E-state index in [9.17, 15) is 9.59 Å². The first kappa shape index (κ1) is 24.6. The van der Waals surface area contributed by atoms with E-state index in [4.69, 9.17) is 9.52 Å². The second kappa shape index (κ2) is 12.3. The summed E-state index contributed by atoms with van der Waals surface area (Å²) in [5.41, 5.74) is 4.99. The highest BCUT2D eigenvalue weighted by atomic mass is 16.4. The molecule has 0 atom stereocenters. The van der Waals surface area contributed by atoms with Crippen LogP contribution in [0.5, 0.6) is 0 Å². The van der Waals surface area contributed by atoms with Crippen molar-refractivity contribution in [3.05, 3.63) is 114 Å². The average Bonchev–Trinajstić information content (AvgIpc) is 3.41. The van der Waals surface area contributed by atoms with Gasteiger partial charge < -0.3 is 14.8 Å². The van der Waals surface area contributed by atoms with E-state index in [-0.39, 0.29) is 18.0 Å². The summed E-state index contributed by atoms with van der Waals surface area (Å²) in [5.74, 6) is -0.701. The number of hydrogen-bond acceptors (Lipinski definition) is 5. The van der Waals surface area contributed by atoms with Gasteiger partial charge in [-0.05, 0) is 54.2 Å². The quantitative estimate of drug-likeness (QED) is 0.265. The molecule has 2 N–H and O–H groups in total. The Morgan fingerprint density at radius 2 is 1.75 bits per heavy atom. The largest absolute Gasteiger partial charge is 0.481 e. The third-order valence-electron chi connectivity index (χ3n) is 5.64. The Balaban J connectivity index is 1.45. The van der Waals surface area contributed by atoms with Crippen molar-refractivity contribution in [1.82, 2.24) is 15.3 Å². The number of nitrogens with zero attached hydrogens (tertiary/aromatic N) is 2. The molecule has 0 unspecified atom stereocenters. The molecule has 0 aliphatic rings. The summed E-state index contributed by atoms with van der Waals surface area (Å²) < 4.78 is 5.58. The van der Waals surface area contributed by atoms with Gasteiger partial charge in [-0.25, -0.2) is 4.98 Å². The summed E-state index contributed by atoms with van der Waals surface area (Å²) in [7, 11) is 0. The van der Waals surface area contributed by atoms with Crippen LogP contribution in [0.4, 0.5) is 0 Å². The van der Waals surface area contributed by atoms with E-state index in [1.165, 1.54) is 6.26 Å². The van der Waals surface area contributed by atoms with Crippen LogP contribution in [-0.4, -0.2) is 27.0 Å². The average molecular weight is 482 g/mol. The van der Waals surface area contributed by atoms with Gasteiger partial charge in [0.15, 0.2) is 5.69 Å². The molecule has 1 amide bonds. The minimum absolute atomic E-state index is 0.174. The van der Waals surface area contributed by atoms with Crippen molar-refractivity contribution < 1.29 is 19.1 Å². The maximum atomic E-state index is 12.5. The molecule has 0 saturated heterocycles. The number of allylic oxidation sites excluding steroid dienone is 1. The standard InChI is InChI=1S/C29H27N3O4/c33-27(34)12-6-2-5-11-25(24-10-7-17-30-19-24)22-13-15-23(16-14-22)29-32-26(20-36-29)28(35)31-18-21-8-3-1-4-9-21/h1,3-4,7-11,13-17,19-20H,2,5-6,12,18H2,(H,31,35)(H,33,34)/b25-11+. The summed E-state index contributed by atoms with van der Waals surface area (Å²) in [6, 6.07) is 21.3. The van der Waals surface area contributed by atoms with Gasteiger partial charge in [-0.15, -0.1) is 0 Å². The highest BCUT2D eigenvalue weighted by molar-refractivity contribution is 5.92. The molecule has 0 spiro atoms. The molecule has 36 heavy (non-hydrogen) atoms. The van der Waals surface area contributed by atoms with Crippen molar-refractivity contribution in [2.24, 2.45) is 0 Å². The zero-order chi connectivity index (χ0) is 25.2. The van der Waals surface area contributed by atoms with Gasteiger partial charge >= 0.3 is 5.97 Å². The van der Waals surface area contributed by atoms with E-state index in [2.05, 4.69) is 21.4 Å². The van der Waals surface area contributed by atoms with Gasteiger partial charge in [-0.2, -0.15) is 0 Å². The topological polar surface area (TPSA) is 105 Å². The predicted molar refractivity (Wildman–Crippen MR) is 137 cm³/mol. The van der Waals surface area contributed by atoms with Crippen molar-refractivity contribution in [3.63, 3.8) is 0 Å². The van der Waals surface area contributed by atoms with E-state index in [1.807, 2.05) is 72.9 Å². The number of carbonyl (C=O) groups excluding carboxylic acids is 1. The smallest absolute Gasteiger partial charge is 0.303 e. The van der Waals surface area contributed by atoms with Crippen molar-refractivity contribution in [3.8, 4) is 11.5 Å². The lowest BCUT2D eigenvalue weighted by Crippen LogP contribution is -2.23. The zero-order valence-electron chi connectivity index (χ0n) is 19.8. The molecule has 182 valence electrons. The van der Waals surface area contributed by atoms with Crippen molar-refractivity contribution in [2.45, 2.75) is 32.2 Å². The molecular formula is C29H27N3O4. The van der Waals surface area contributed by atoms with Crippen molar-refractivity contribution in [2.75, 3.05) is 0 Å². The number of unbranched alkanes of at least 4 members (excludes halogenated alkanes) is 2. The Morgan fingerprint density at radius 3 is 2.47 bits per heavy atom. The normalized spacial score (nSPS) is 11.3. The van der Waals surface area contributed by atoms with Gasteiger partial charge in [0, 0.05) is 36.5 Å². The number of nitrogens with one attached hydrogen (secondary N) is 1. The van der Waals surface area contributed by atoms with E-state index < -0.39 is 5.97 Å². The number of amides is 1. The Bertz CT molecular complexity index is 1310. The lowest BCUT2D eigenvalue weighted by molar-refractivity contribution is -0.137. The molecule has 2 aromatic carbocycles. The van der Waals surface area contributed by atoms with Crippen LogP contribution < -0.4 is 5.32 Å². The van der Waals surface area contributed by atoms with Crippen LogP contribution >= 0.6 is 0 Å². The first-order valence-electron chi connectivity index (χ1n) is 11.8. The predicted octanol–water partition coefficient (Wildman–Crippen LogP) is 5.74. The second-order valence-electron chi connectivity index (χ2n) is 8.28. The third kappa shape index (κ3) is 6.76. The molecule has 0 bridgehead atoms. The number of pyridine rings is 1. The number of rotatable bonds is 11. The third-order valence-corrected chi connectivity index (χ3v) is 5.64. The van der Waals surface area contributed by atoms with E-state index in [0.29, 0.717) is 18.9 Å². The van der Waals surface area contributed by atoms with E-state index >= 15 is 0 Å².